The number of aryl methyl sites for hydroxylation is 1. The third-order valence-electron chi connectivity index (χ3n) is 2.94. The predicted octanol–water partition coefficient (Wildman–Crippen LogP) is 5.62. The molecule has 2 aromatic carbocycles. The number of hydrogen-bond donors (Lipinski definition) is 0. The van der Waals surface area contributed by atoms with E-state index in [1.165, 1.54) is 12.1 Å². The van der Waals surface area contributed by atoms with Gasteiger partial charge >= 0.3 is 0 Å². The fourth-order valence-electron chi connectivity index (χ4n) is 1.94. The number of benzene rings is 2. The lowest BCUT2D eigenvalue weighted by Gasteiger charge is -2.09. The smallest absolute Gasteiger partial charge is 0.134 e. The first-order valence-corrected chi connectivity index (χ1v) is 8.06. The number of ether oxygens (including phenoxy) is 2. The number of hydrogen-bond acceptors (Lipinski definition) is 4. The summed E-state index contributed by atoms with van der Waals surface area (Å²) < 4.78 is 25.0. The largest absolute Gasteiger partial charge is 0.488 e. The van der Waals surface area contributed by atoms with Gasteiger partial charge in [0, 0.05) is 29.4 Å². The minimum absolute atomic E-state index is 0.343. The Morgan fingerprint density at radius 2 is 1.83 bits per heavy atom. The number of rotatable bonds is 5. The van der Waals surface area contributed by atoms with E-state index in [0.29, 0.717) is 28.9 Å². The maximum absolute atomic E-state index is 13.7. The molecule has 0 amide bonds. The van der Waals surface area contributed by atoms with Crippen LogP contribution < -0.4 is 9.47 Å². The van der Waals surface area contributed by atoms with Crippen LogP contribution in [0.5, 0.6) is 17.2 Å². The van der Waals surface area contributed by atoms with Crippen LogP contribution in [-0.4, -0.2) is 4.98 Å². The zero-order chi connectivity index (χ0) is 16.2. The predicted molar refractivity (Wildman–Crippen MR) is 89.1 cm³/mol. The standard InChI is InChI=1S/C17H13ClFNO2S/c1-11-20-9-17(23-11)10-21-15-6-13(19)7-16(8-15)22-14-4-2-12(18)3-5-14/h2-9H,10H2,1H3. The van der Waals surface area contributed by atoms with Crippen LogP contribution in [-0.2, 0) is 6.61 Å². The molecule has 0 aliphatic carbocycles. The van der Waals surface area contributed by atoms with Gasteiger partial charge in [-0.2, -0.15) is 0 Å². The number of halogens is 2. The van der Waals surface area contributed by atoms with Crippen molar-refractivity contribution in [1.82, 2.24) is 4.98 Å². The molecule has 3 aromatic rings. The highest BCUT2D eigenvalue weighted by molar-refractivity contribution is 7.11. The van der Waals surface area contributed by atoms with Crippen LogP contribution in [0.1, 0.15) is 9.88 Å². The molecule has 0 atom stereocenters. The third kappa shape index (κ3) is 4.43. The number of aromatic nitrogens is 1. The van der Waals surface area contributed by atoms with Gasteiger partial charge in [-0.25, -0.2) is 9.37 Å². The van der Waals surface area contributed by atoms with E-state index in [4.69, 9.17) is 21.1 Å². The second-order valence-corrected chi connectivity index (χ2v) is 6.57. The lowest BCUT2D eigenvalue weighted by molar-refractivity contribution is 0.306. The molecule has 0 aliphatic rings. The molecule has 0 bridgehead atoms. The highest BCUT2D eigenvalue weighted by atomic mass is 35.5. The summed E-state index contributed by atoms with van der Waals surface area (Å²) in [7, 11) is 0. The zero-order valence-corrected chi connectivity index (χ0v) is 13.8. The Balaban J connectivity index is 1.72. The summed E-state index contributed by atoms with van der Waals surface area (Å²) in [6.45, 7) is 2.27. The SMILES string of the molecule is Cc1ncc(COc2cc(F)cc(Oc3ccc(Cl)cc3)c2)s1. The molecule has 0 N–H and O–H groups in total. The van der Waals surface area contributed by atoms with E-state index < -0.39 is 5.82 Å². The zero-order valence-electron chi connectivity index (χ0n) is 12.3. The molecular weight excluding hydrogens is 337 g/mol. The molecule has 0 saturated heterocycles. The molecule has 0 aliphatic heterocycles. The van der Waals surface area contributed by atoms with Crippen molar-refractivity contribution in [3.63, 3.8) is 0 Å². The summed E-state index contributed by atoms with van der Waals surface area (Å²) >= 11 is 7.37. The van der Waals surface area contributed by atoms with Crippen molar-refractivity contribution >= 4 is 22.9 Å². The molecule has 1 heterocycles. The van der Waals surface area contributed by atoms with Crippen molar-refractivity contribution in [1.29, 1.82) is 0 Å². The van der Waals surface area contributed by atoms with Crippen LogP contribution in [0.25, 0.3) is 0 Å². The lowest BCUT2D eigenvalue weighted by Crippen LogP contribution is -1.94. The first kappa shape index (κ1) is 15.8. The molecule has 0 fully saturated rings. The molecule has 6 heteroatoms. The van der Waals surface area contributed by atoms with Gasteiger partial charge in [0.25, 0.3) is 0 Å². The number of thiazole rings is 1. The maximum atomic E-state index is 13.7. The van der Waals surface area contributed by atoms with Crippen LogP contribution in [0.2, 0.25) is 5.02 Å². The van der Waals surface area contributed by atoms with Crippen LogP contribution >= 0.6 is 22.9 Å². The first-order valence-electron chi connectivity index (χ1n) is 6.86. The van der Waals surface area contributed by atoms with Crippen molar-refractivity contribution in [3.05, 3.63) is 69.4 Å². The normalized spacial score (nSPS) is 10.6. The van der Waals surface area contributed by atoms with Gasteiger partial charge in [-0.05, 0) is 31.2 Å². The Kier molecular flexibility index (Phi) is 4.79. The van der Waals surface area contributed by atoms with E-state index in [0.717, 1.165) is 9.88 Å². The molecule has 0 radical (unpaired) electrons. The fraction of sp³-hybridized carbons (Fsp3) is 0.118. The molecule has 3 rings (SSSR count). The Hall–Kier alpha value is -2.11. The van der Waals surface area contributed by atoms with E-state index in [1.807, 2.05) is 6.92 Å². The van der Waals surface area contributed by atoms with Crippen LogP contribution in [0.3, 0.4) is 0 Å². The fourth-order valence-corrected chi connectivity index (χ4v) is 2.78. The second-order valence-electron chi connectivity index (χ2n) is 4.81. The van der Waals surface area contributed by atoms with Crippen LogP contribution in [0.4, 0.5) is 4.39 Å². The molecule has 3 nitrogen and oxygen atoms in total. The molecule has 0 saturated carbocycles. The van der Waals surface area contributed by atoms with E-state index >= 15 is 0 Å². The minimum Gasteiger partial charge on any atom is -0.488 e. The van der Waals surface area contributed by atoms with Gasteiger partial charge in [0.05, 0.1) is 9.88 Å². The van der Waals surface area contributed by atoms with E-state index in [2.05, 4.69) is 4.98 Å². The first-order chi connectivity index (χ1) is 11.1. The van der Waals surface area contributed by atoms with Crippen molar-refractivity contribution in [2.24, 2.45) is 0 Å². The summed E-state index contributed by atoms with van der Waals surface area (Å²) in [6.07, 6.45) is 1.75. The van der Waals surface area contributed by atoms with Gasteiger partial charge in [-0.3, -0.25) is 0 Å². The van der Waals surface area contributed by atoms with E-state index in [9.17, 15) is 4.39 Å². The summed E-state index contributed by atoms with van der Waals surface area (Å²) in [5.41, 5.74) is 0. The highest BCUT2D eigenvalue weighted by Gasteiger charge is 2.06. The quantitative estimate of drug-likeness (QED) is 0.599. The van der Waals surface area contributed by atoms with Crippen molar-refractivity contribution in [2.75, 3.05) is 0 Å². The van der Waals surface area contributed by atoms with Gasteiger partial charge in [0.1, 0.15) is 29.7 Å². The number of nitrogens with zero attached hydrogens (tertiary/aromatic N) is 1. The molecule has 0 unspecified atom stereocenters. The molecule has 118 valence electrons. The average molecular weight is 350 g/mol. The van der Waals surface area contributed by atoms with Crippen molar-refractivity contribution < 1.29 is 13.9 Å². The maximum Gasteiger partial charge on any atom is 0.134 e. The summed E-state index contributed by atoms with van der Waals surface area (Å²) in [4.78, 5) is 5.13. The second kappa shape index (κ2) is 6.98. The van der Waals surface area contributed by atoms with Crippen molar-refractivity contribution in [2.45, 2.75) is 13.5 Å². The summed E-state index contributed by atoms with van der Waals surface area (Å²) in [5.74, 6) is 0.916. The Labute approximate surface area is 142 Å². The summed E-state index contributed by atoms with van der Waals surface area (Å²) in [6, 6.07) is 11.1. The Bertz CT molecular complexity index is 805. The third-order valence-corrected chi connectivity index (χ3v) is 4.08. The van der Waals surface area contributed by atoms with E-state index in [-0.39, 0.29) is 0 Å². The van der Waals surface area contributed by atoms with Gasteiger partial charge in [-0.1, -0.05) is 11.6 Å². The molecular formula is C17H13ClFNO2S. The van der Waals surface area contributed by atoms with Gasteiger partial charge in [-0.15, -0.1) is 11.3 Å². The minimum atomic E-state index is -0.424. The Morgan fingerprint density at radius 1 is 1.09 bits per heavy atom. The molecule has 1 aromatic heterocycles. The monoisotopic (exact) mass is 349 g/mol. The Morgan fingerprint density at radius 3 is 2.52 bits per heavy atom. The average Bonchev–Trinajstić information content (AvgIpc) is 2.93. The van der Waals surface area contributed by atoms with E-state index in [1.54, 1.807) is 47.9 Å². The van der Waals surface area contributed by atoms with Gasteiger partial charge in [0.2, 0.25) is 0 Å². The molecule has 23 heavy (non-hydrogen) atoms. The van der Waals surface area contributed by atoms with Crippen LogP contribution in [0, 0.1) is 12.7 Å². The van der Waals surface area contributed by atoms with Gasteiger partial charge < -0.3 is 9.47 Å². The highest BCUT2D eigenvalue weighted by Crippen LogP contribution is 2.28. The van der Waals surface area contributed by atoms with Gasteiger partial charge in [0.15, 0.2) is 0 Å². The summed E-state index contributed by atoms with van der Waals surface area (Å²) in [5, 5.41) is 1.58. The topological polar surface area (TPSA) is 31.4 Å². The molecule has 0 spiro atoms. The van der Waals surface area contributed by atoms with Crippen LogP contribution in [0.15, 0.2) is 48.7 Å². The lowest BCUT2D eigenvalue weighted by atomic mass is 10.3. The van der Waals surface area contributed by atoms with Crippen molar-refractivity contribution in [3.8, 4) is 17.2 Å².